The minimum Gasteiger partial charge on any atom is -0.862 e. The zero-order valence-electron chi connectivity index (χ0n) is 15.4. The van der Waals surface area contributed by atoms with Crippen LogP contribution in [-0.2, 0) is 10.1 Å². The number of phenolic OH excluding ortho intramolecular Hbond substituents is 2. The van der Waals surface area contributed by atoms with E-state index in [-0.39, 0.29) is 52.4 Å². The van der Waals surface area contributed by atoms with Gasteiger partial charge in [-0.3, -0.25) is 9.55 Å². The van der Waals surface area contributed by atoms with Crippen LogP contribution in [0.1, 0.15) is 6.92 Å². The van der Waals surface area contributed by atoms with Crippen molar-refractivity contribution in [2.75, 3.05) is 0 Å². The maximum atomic E-state index is 11.5. The predicted molar refractivity (Wildman–Crippen MR) is 100 cm³/mol. The summed E-state index contributed by atoms with van der Waals surface area (Å²) in [6.45, 7) is 1.15. The Labute approximate surface area is 188 Å². The number of aromatic hydroxyl groups is 2. The first-order valence-electron chi connectivity index (χ1n) is 7.86. The standard InChI is InChI=1S/C18H15N3O6S.Na/c1-10(22)19-12-8-14(18(24)16(9-12)28(25,26)27)20-21-17-13-5-3-2-4-11(13)6-7-15(17)23;/h2-9,23-24H,1H3,(H,19,22)(H,25,26,27);/q;+1/p-1. The second-order valence-corrected chi connectivity index (χ2v) is 7.16. The molecule has 3 aromatic rings. The molecule has 0 saturated heterocycles. The van der Waals surface area contributed by atoms with E-state index in [1.165, 1.54) is 6.07 Å². The number of aliphatic imine (C=N–C) groups is 1. The van der Waals surface area contributed by atoms with Crippen molar-refractivity contribution in [2.24, 2.45) is 15.2 Å². The van der Waals surface area contributed by atoms with Gasteiger partial charge in [0.15, 0.2) is 5.75 Å². The van der Waals surface area contributed by atoms with E-state index in [2.05, 4.69) is 15.2 Å². The van der Waals surface area contributed by atoms with Gasteiger partial charge in [-0.1, -0.05) is 30.3 Å². The third kappa shape index (κ3) is 5.11. The number of fused-ring (bicyclic) bond motifs is 1. The summed E-state index contributed by atoms with van der Waals surface area (Å²) < 4.78 is 32.3. The van der Waals surface area contributed by atoms with Crippen molar-refractivity contribution in [2.45, 2.75) is 11.8 Å². The van der Waals surface area contributed by atoms with Crippen LogP contribution in [0.3, 0.4) is 0 Å². The van der Waals surface area contributed by atoms with E-state index in [0.29, 0.717) is 5.39 Å². The molecule has 0 aromatic heterocycles. The fraction of sp³-hybridized carbons (Fsp3) is 0.0556. The van der Waals surface area contributed by atoms with E-state index >= 15 is 0 Å². The van der Waals surface area contributed by atoms with Crippen LogP contribution in [0.4, 0.5) is 17.1 Å². The van der Waals surface area contributed by atoms with Gasteiger partial charge in [0.05, 0.1) is 5.69 Å². The molecule has 0 fully saturated rings. The number of phenols is 2. The molecule has 144 valence electrons. The fourth-order valence-electron chi connectivity index (χ4n) is 2.55. The Bertz CT molecular complexity index is 1240. The van der Waals surface area contributed by atoms with E-state index in [0.717, 1.165) is 24.4 Å². The van der Waals surface area contributed by atoms with E-state index in [1.807, 2.05) is 0 Å². The first-order valence-corrected chi connectivity index (χ1v) is 9.30. The summed E-state index contributed by atoms with van der Waals surface area (Å²) in [5.41, 5.74) is -0.406. The normalized spacial score (nSPS) is 12.3. The first-order chi connectivity index (χ1) is 13.2. The van der Waals surface area contributed by atoms with Gasteiger partial charge in [0, 0.05) is 5.39 Å². The zero-order chi connectivity index (χ0) is 20.5. The first kappa shape index (κ1) is 22.8. The Balaban J connectivity index is 0.00000300. The number of rotatable bonds is 4. The Morgan fingerprint density at radius 3 is 2.38 bits per heavy atom. The van der Waals surface area contributed by atoms with Gasteiger partial charge in [-0.15, -0.1) is 10.2 Å². The topological polar surface area (TPSA) is 155 Å². The van der Waals surface area contributed by atoms with Gasteiger partial charge in [-0.05, 0) is 36.4 Å². The zero-order valence-corrected chi connectivity index (χ0v) is 18.3. The average molecular weight is 423 g/mol. The summed E-state index contributed by atoms with van der Waals surface area (Å²) in [6, 6.07) is 12.1. The van der Waals surface area contributed by atoms with Crippen LogP contribution >= 0.6 is 0 Å². The quantitative estimate of drug-likeness (QED) is 0.181. The second kappa shape index (κ2) is 8.89. The van der Waals surface area contributed by atoms with Gasteiger partial charge in [0.1, 0.15) is 22.0 Å². The Kier molecular flexibility index (Phi) is 6.98. The number of nitrogens with zero attached hydrogens (tertiary/aromatic N) is 3. The van der Waals surface area contributed by atoms with Gasteiger partial charge in [-0.2, -0.15) is 8.42 Å². The number of benzene rings is 3. The molecule has 0 radical (unpaired) electrons. The van der Waals surface area contributed by atoms with Gasteiger partial charge in [0.2, 0.25) is 0 Å². The Hall–Kier alpha value is -2.50. The van der Waals surface area contributed by atoms with Crippen LogP contribution < -0.4 is 34.7 Å². The van der Waals surface area contributed by atoms with Crippen LogP contribution in [0, 0.1) is 0 Å². The molecule has 0 aliphatic carbocycles. The van der Waals surface area contributed by atoms with Crippen molar-refractivity contribution in [3.63, 3.8) is 0 Å². The minimum atomic E-state index is -4.81. The maximum Gasteiger partial charge on any atom is 1.00 e. The SMILES string of the molecule is CC([O-])=Nc1cc(N=Nc2c(O)ccc3ccccc23)c(O)c(S(=O)(=O)O)c1.[Na+]. The molecule has 0 unspecified atom stereocenters. The van der Waals surface area contributed by atoms with Gasteiger partial charge < -0.3 is 15.3 Å². The van der Waals surface area contributed by atoms with Gasteiger partial charge in [0.25, 0.3) is 10.1 Å². The van der Waals surface area contributed by atoms with E-state index in [9.17, 15) is 28.3 Å². The molecule has 0 heterocycles. The summed E-state index contributed by atoms with van der Waals surface area (Å²) in [6.07, 6.45) is 0. The van der Waals surface area contributed by atoms with Crippen molar-refractivity contribution < 1.29 is 57.8 Å². The second-order valence-electron chi connectivity index (χ2n) is 5.77. The molecule has 3 N–H and O–H groups in total. The summed E-state index contributed by atoms with van der Waals surface area (Å²) in [7, 11) is -4.81. The van der Waals surface area contributed by atoms with Crippen molar-refractivity contribution >= 4 is 43.9 Å². The number of hydrogen-bond acceptors (Lipinski definition) is 8. The molecule has 3 aromatic carbocycles. The van der Waals surface area contributed by atoms with Crippen LogP contribution in [0.5, 0.6) is 11.5 Å². The minimum absolute atomic E-state index is 0. The third-order valence-corrected chi connectivity index (χ3v) is 4.61. The van der Waals surface area contributed by atoms with Crippen molar-refractivity contribution in [3.05, 3.63) is 48.5 Å². The molecule has 0 aliphatic heterocycles. The molecule has 9 nitrogen and oxygen atoms in total. The van der Waals surface area contributed by atoms with Crippen LogP contribution in [-0.4, -0.2) is 29.1 Å². The monoisotopic (exact) mass is 423 g/mol. The van der Waals surface area contributed by atoms with Crippen molar-refractivity contribution in [3.8, 4) is 11.5 Å². The largest absolute Gasteiger partial charge is 1.00 e. The van der Waals surface area contributed by atoms with Crippen LogP contribution in [0.2, 0.25) is 0 Å². The fourth-order valence-corrected chi connectivity index (χ4v) is 3.17. The van der Waals surface area contributed by atoms with E-state index < -0.39 is 26.7 Å². The third-order valence-electron chi connectivity index (χ3n) is 3.74. The predicted octanol–water partition coefficient (Wildman–Crippen LogP) is 0.327. The number of hydrogen-bond donors (Lipinski definition) is 3. The molecule has 0 amide bonds. The molecule has 0 atom stereocenters. The summed E-state index contributed by atoms with van der Waals surface area (Å²) in [5, 5.41) is 40.5. The van der Waals surface area contributed by atoms with E-state index in [1.54, 1.807) is 30.3 Å². The smallest absolute Gasteiger partial charge is 0.862 e. The van der Waals surface area contributed by atoms with Crippen LogP contribution in [0.25, 0.3) is 10.8 Å². The maximum absolute atomic E-state index is 11.5. The van der Waals surface area contributed by atoms with Crippen molar-refractivity contribution in [1.29, 1.82) is 0 Å². The summed E-state index contributed by atoms with van der Waals surface area (Å²) in [5.74, 6) is -1.67. The van der Waals surface area contributed by atoms with Gasteiger partial charge in [-0.25, -0.2) is 0 Å². The summed E-state index contributed by atoms with van der Waals surface area (Å²) in [4.78, 5) is 2.71. The molecule has 11 heteroatoms. The molecule has 0 spiro atoms. The van der Waals surface area contributed by atoms with Gasteiger partial charge >= 0.3 is 29.6 Å². The van der Waals surface area contributed by atoms with Crippen LogP contribution in [0.15, 0.2) is 68.6 Å². The average Bonchev–Trinajstić information content (AvgIpc) is 2.61. The summed E-state index contributed by atoms with van der Waals surface area (Å²) >= 11 is 0. The number of azo groups is 1. The molecule has 29 heavy (non-hydrogen) atoms. The van der Waals surface area contributed by atoms with E-state index in [4.69, 9.17) is 0 Å². The Morgan fingerprint density at radius 2 is 1.72 bits per heavy atom. The molecule has 0 bridgehead atoms. The van der Waals surface area contributed by atoms with Crippen molar-refractivity contribution in [1.82, 2.24) is 0 Å². The molecular formula is C18H14N3NaO6S. The Morgan fingerprint density at radius 1 is 1.03 bits per heavy atom. The molecular weight excluding hydrogens is 409 g/mol. The molecule has 3 rings (SSSR count). The molecule has 0 saturated carbocycles. The molecule has 0 aliphatic rings.